The lowest BCUT2D eigenvalue weighted by molar-refractivity contribution is -0.0000875. The fourth-order valence-electron chi connectivity index (χ4n) is 2.30. The lowest BCUT2D eigenvalue weighted by atomic mass is 10.1. The zero-order valence-corrected chi connectivity index (χ0v) is 10.1. The Morgan fingerprint density at radius 1 is 1.31 bits per heavy atom. The summed E-state index contributed by atoms with van der Waals surface area (Å²) in [6.45, 7) is 8.47. The van der Waals surface area contributed by atoms with E-state index in [1.807, 2.05) is 20.8 Å². The Balaban J connectivity index is 2.01. The first kappa shape index (κ1) is 11.7. The van der Waals surface area contributed by atoms with Gasteiger partial charge in [-0.05, 0) is 20.8 Å². The van der Waals surface area contributed by atoms with Crippen LogP contribution >= 0.6 is 0 Å². The molecule has 0 spiro atoms. The van der Waals surface area contributed by atoms with Crippen molar-refractivity contribution in [3.8, 4) is 0 Å². The van der Waals surface area contributed by atoms with Crippen LogP contribution in [0.2, 0.25) is 0 Å². The van der Waals surface area contributed by atoms with Crippen LogP contribution in [-0.2, 0) is 4.74 Å². The number of hydrogen-bond acceptors (Lipinski definition) is 4. The summed E-state index contributed by atoms with van der Waals surface area (Å²) in [5, 5.41) is 9.83. The minimum atomic E-state index is -0.474. The maximum absolute atomic E-state index is 11.9. The largest absolute Gasteiger partial charge is 0.444 e. The third kappa shape index (κ3) is 2.30. The molecule has 2 bridgehead atoms. The van der Waals surface area contributed by atoms with Crippen molar-refractivity contribution < 1.29 is 14.6 Å². The molecule has 2 saturated heterocycles. The Morgan fingerprint density at radius 3 is 2.62 bits per heavy atom. The van der Waals surface area contributed by atoms with Crippen molar-refractivity contribution in [1.29, 1.82) is 0 Å². The zero-order chi connectivity index (χ0) is 11.9. The molecule has 1 amide bonds. The molecule has 5 nitrogen and oxygen atoms in total. The second kappa shape index (κ2) is 3.89. The van der Waals surface area contributed by atoms with Crippen LogP contribution in [0.15, 0.2) is 0 Å². The molecule has 3 atom stereocenters. The van der Waals surface area contributed by atoms with E-state index in [1.54, 1.807) is 4.90 Å². The molecule has 1 unspecified atom stereocenters. The number of amides is 1. The fourth-order valence-corrected chi connectivity index (χ4v) is 2.30. The highest BCUT2D eigenvalue weighted by molar-refractivity contribution is 5.69. The average Bonchev–Trinajstić information content (AvgIpc) is 2.40. The third-order valence-electron chi connectivity index (χ3n) is 3.02. The number of piperazine rings is 1. The van der Waals surface area contributed by atoms with Crippen molar-refractivity contribution in [1.82, 2.24) is 9.80 Å². The van der Waals surface area contributed by atoms with Gasteiger partial charge in [0.15, 0.2) is 0 Å². The van der Waals surface area contributed by atoms with Gasteiger partial charge in [-0.1, -0.05) is 0 Å². The predicted octanol–water partition coefficient (Wildman–Crippen LogP) is 0.282. The van der Waals surface area contributed by atoms with E-state index in [1.165, 1.54) is 0 Å². The van der Waals surface area contributed by atoms with Crippen LogP contribution in [0.25, 0.3) is 0 Å². The average molecular weight is 228 g/mol. The molecular weight excluding hydrogens is 208 g/mol. The molecule has 5 heteroatoms. The summed E-state index contributed by atoms with van der Waals surface area (Å²) in [6, 6.07) is -0.0939. The van der Waals surface area contributed by atoms with E-state index < -0.39 is 11.7 Å². The molecule has 16 heavy (non-hydrogen) atoms. The van der Waals surface area contributed by atoms with Gasteiger partial charge in [0.05, 0.1) is 12.1 Å². The lowest BCUT2D eigenvalue weighted by Gasteiger charge is -2.35. The molecule has 2 aliphatic rings. The molecule has 0 aliphatic carbocycles. The molecule has 0 aromatic carbocycles. The van der Waals surface area contributed by atoms with Crippen LogP contribution in [0.1, 0.15) is 20.8 Å². The first-order valence-electron chi connectivity index (χ1n) is 5.77. The summed E-state index contributed by atoms with van der Waals surface area (Å²) in [5.74, 6) is 0. The molecule has 2 heterocycles. The highest BCUT2D eigenvalue weighted by Gasteiger charge is 2.42. The van der Waals surface area contributed by atoms with E-state index in [4.69, 9.17) is 4.74 Å². The van der Waals surface area contributed by atoms with Gasteiger partial charge in [0.2, 0.25) is 0 Å². The molecule has 0 saturated carbocycles. The summed E-state index contributed by atoms with van der Waals surface area (Å²) in [7, 11) is 0. The predicted molar refractivity (Wildman–Crippen MR) is 59.2 cm³/mol. The Labute approximate surface area is 96.0 Å². The number of ether oxygens (including phenoxy) is 1. The number of rotatable bonds is 0. The van der Waals surface area contributed by atoms with Crippen LogP contribution in [0.3, 0.4) is 0 Å². The fraction of sp³-hybridized carbons (Fsp3) is 0.909. The van der Waals surface area contributed by atoms with Gasteiger partial charge in [-0.25, -0.2) is 4.79 Å². The molecule has 92 valence electrons. The van der Waals surface area contributed by atoms with Gasteiger partial charge in [-0.3, -0.25) is 9.80 Å². The molecule has 1 N–H and O–H groups in total. The highest BCUT2D eigenvalue weighted by Crippen LogP contribution is 2.23. The lowest BCUT2D eigenvalue weighted by Crippen LogP contribution is -2.53. The molecule has 0 aromatic rings. The molecule has 2 fully saturated rings. The van der Waals surface area contributed by atoms with E-state index in [0.717, 1.165) is 13.1 Å². The smallest absolute Gasteiger partial charge is 0.410 e. The van der Waals surface area contributed by atoms with Crippen LogP contribution in [0.4, 0.5) is 4.79 Å². The van der Waals surface area contributed by atoms with Gasteiger partial charge >= 0.3 is 6.09 Å². The van der Waals surface area contributed by atoms with Gasteiger partial charge in [0, 0.05) is 26.2 Å². The molecule has 0 aromatic heterocycles. The van der Waals surface area contributed by atoms with E-state index in [0.29, 0.717) is 13.1 Å². The van der Waals surface area contributed by atoms with Gasteiger partial charge in [0.1, 0.15) is 5.60 Å². The maximum atomic E-state index is 11.9. The first-order valence-corrected chi connectivity index (χ1v) is 5.77. The van der Waals surface area contributed by atoms with Crippen molar-refractivity contribution >= 4 is 6.09 Å². The quantitative estimate of drug-likeness (QED) is 0.647. The Hall–Kier alpha value is -0.810. The van der Waals surface area contributed by atoms with Gasteiger partial charge in [-0.15, -0.1) is 0 Å². The SMILES string of the molecule is CC(C)(C)OC(=O)N1CCN2C[C@H](O)[C@@H]1C2. The van der Waals surface area contributed by atoms with Crippen molar-refractivity contribution in [2.75, 3.05) is 26.2 Å². The number of aliphatic hydroxyl groups is 1. The van der Waals surface area contributed by atoms with Gasteiger partial charge < -0.3 is 9.84 Å². The second-order valence-electron chi connectivity index (χ2n) is 5.57. The summed E-state index contributed by atoms with van der Waals surface area (Å²) < 4.78 is 5.33. The molecule has 2 rings (SSSR count). The minimum absolute atomic E-state index is 0.0939. The summed E-state index contributed by atoms with van der Waals surface area (Å²) in [6.07, 6.45) is -0.742. The van der Waals surface area contributed by atoms with Crippen LogP contribution in [0.5, 0.6) is 0 Å². The summed E-state index contributed by atoms with van der Waals surface area (Å²) in [5.41, 5.74) is -0.474. The van der Waals surface area contributed by atoms with Crippen molar-refractivity contribution in [3.63, 3.8) is 0 Å². The number of carbonyl (C=O) groups is 1. The Kier molecular flexibility index (Phi) is 2.84. The third-order valence-corrected chi connectivity index (χ3v) is 3.02. The highest BCUT2D eigenvalue weighted by atomic mass is 16.6. The maximum Gasteiger partial charge on any atom is 0.410 e. The second-order valence-corrected chi connectivity index (χ2v) is 5.57. The number of fused-ring (bicyclic) bond motifs is 2. The van der Waals surface area contributed by atoms with E-state index >= 15 is 0 Å². The van der Waals surface area contributed by atoms with Crippen molar-refractivity contribution in [3.05, 3.63) is 0 Å². The number of aliphatic hydroxyl groups excluding tert-OH is 1. The van der Waals surface area contributed by atoms with E-state index in [-0.39, 0.29) is 12.1 Å². The molecule has 2 aliphatic heterocycles. The van der Waals surface area contributed by atoms with Crippen LogP contribution in [-0.4, -0.2) is 64.9 Å². The summed E-state index contributed by atoms with van der Waals surface area (Å²) >= 11 is 0. The van der Waals surface area contributed by atoms with E-state index in [2.05, 4.69) is 4.90 Å². The van der Waals surface area contributed by atoms with Crippen LogP contribution in [0, 0.1) is 0 Å². The number of hydrogen-bond donors (Lipinski definition) is 1. The Morgan fingerprint density at radius 2 is 2.00 bits per heavy atom. The number of nitrogens with zero attached hydrogens (tertiary/aromatic N) is 2. The Bertz CT molecular complexity index is 287. The monoisotopic (exact) mass is 228 g/mol. The first-order chi connectivity index (χ1) is 7.37. The van der Waals surface area contributed by atoms with E-state index in [9.17, 15) is 9.90 Å². The summed E-state index contributed by atoms with van der Waals surface area (Å²) in [4.78, 5) is 15.8. The van der Waals surface area contributed by atoms with Gasteiger partial charge in [-0.2, -0.15) is 0 Å². The van der Waals surface area contributed by atoms with Crippen LogP contribution < -0.4 is 0 Å². The zero-order valence-electron chi connectivity index (χ0n) is 10.1. The number of carbonyl (C=O) groups excluding carboxylic acids is 1. The van der Waals surface area contributed by atoms with Crippen molar-refractivity contribution in [2.24, 2.45) is 0 Å². The standard InChI is InChI=1S/C11H20N2O3/c1-11(2,3)16-10(15)13-5-4-12-6-8(13)9(14)7-12/h8-9,14H,4-7H2,1-3H3/t8-,9-/m0/s1. The van der Waals surface area contributed by atoms with Gasteiger partial charge in [0.25, 0.3) is 0 Å². The minimum Gasteiger partial charge on any atom is -0.444 e. The topological polar surface area (TPSA) is 53.0 Å². The van der Waals surface area contributed by atoms with Crippen molar-refractivity contribution in [2.45, 2.75) is 38.5 Å². The molecular formula is C11H20N2O3. The normalized spacial score (nSPS) is 34.0. The molecule has 0 radical (unpaired) electrons.